The van der Waals surface area contributed by atoms with Crippen LogP contribution in [0.3, 0.4) is 0 Å². The van der Waals surface area contributed by atoms with Gasteiger partial charge in [-0.25, -0.2) is 14.2 Å². The Morgan fingerprint density at radius 2 is 2.25 bits per heavy atom. The molecule has 0 spiro atoms. The lowest BCUT2D eigenvalue weighted by Gasteiger charge is -2.28. The van der Waals surface area contributed by atoms with Crippen LogP contribution in [0.25, 0.3) is 0 Å². The van der Waals surface area contributed by atoms with Gasteiger partial charge < -0.3 is 15.0 Å². The van der Waals surface area contributed by atoms with Gasteiger partial charge in [0, 0.05) is 37.6 Å². The Balaban J connectivity index is 1.69. The van der Waals surface area contributed by atoms with Crippen LogP contribution in [0, 0.1) is 5.82 Å². The fourth-order valence-electron chi connectivity index (χ4n) is 2.67. The lowest BCUT2D eigenvalue weighted by atomic mass is 10.3. The number of carbonyl (C=O) groups excluding carboxylic acids is 2. The molecule has 0 radical (unpaired) electrons. The van der Waals surface area contributed by atoms with Crippen LogP contribution in [-0.4, -0.2) is 60.8 Å². The first-order chi connectivity index (χ1) is 11.5. The number of halogens is 1. The number of thioether (sulfide) groups is 1. The molecular weight excluding hydrogens is 335 g/mol. The van der Waals surface area contributed by atoms with Crippen molar-refractivity contribution in [1.82, 2.24) is 10.3 Å². The van der Waals surface area contributed by atoms with E-state index in [1.165, 1.54) is 24.1 Å². The molecule has 1 atom stereocenters. The molecule has 1 aromatic heterocycles. The summed E-state index contributed by atoms with van der Waals surface area (Å²) < 4.78 is 19.6. The Morgan fingerprint density at radius 3 is 2.92 bits per heavy atom. The van der Waals surface area contributed by atoms with Gasteiger partial charge in [-0.2, -0.15) is 11.8 Å². The average molecular weight is 354 g/mol. The predicted molar refractivity (Wildman–Crippen MR) is 90.0 cm³/mol. The van der Waals surface area contributed by atoms with Crippen molar-refractivity contribution in [3.63, 3.8) is 0 Å². The number of nitrogens with zero attached hydrogens (tertiary/aromatic N) is 3. The van der Waals surface area contributed by atoms with Gasteiger partial charge in [0.1, 0.15) is 6.10 Å². The van der Waals surface area contributed by atoms with E-state index >= 15 is 0 Å². The smallest absolute Gasteiger partial charge is 0.414 e. The maximum atomic E-state index is 14.4. The molecule has 24 heavy (non-hydrogen) atoms. The van der Waals surface area contributed by atoms with Crippen molar-refractivity contribution in [3.05, 3.63) is 18.1 Å². The van der Waals surface area contributed by atoms with Crippen molar-refractivity contribution < 1.29 is 18.7 Å². The Labute approximate surface area is 143 Å². The predicted octanol–water partition coefficient (Wildman–Crippen LogP) is 1.24. The zero-order valence-corrected chi connectivity index (χ0v) is 14.1. The van der Waals surface area contributed by atoms with Gasteiger partial charge in [-0.3, -0.25) is 9.69 Å². The number of nitrogens with one attached hydrogen (secondary N) is 1. The number of ether oxygens (including phenoxy) is 1. The standard InChI is InChI=1S/C15H19FN4O3S/c1-10(21)17-8-12-9-20(15(22)23-12)11-6-13(16)14(18-7-11)19-2-4-24-5-3-19/h6-7,12H,2-5,8-9H2,1H3,(H,17,21)/t12-/m0/s1. The van der Waals surface area contributed by atoms with Gasteiger partial charge in [0.05, 0.1) is 25.0 Å². The third-order valence-electron chi connectivity index (χ3n) is 3.88. The summed E-state index contributed by atoms with van der Waals surface area (Å²) in [6.45, 7) is 3.40. The monoisotopic (exact) mass is 354 g/mol. The fraction of sp³-hybridized carbons (Fsp3) is 0.533. The molecule has 0 bridgehead atoms. The van der Waals surface area contributed by atoms with Crippen LogP contribution in [0.2, 0.25) is 0 Å². The van der Waals surface area contributed by atoms with Crippen molar-refractivity contribution in [2.45, 2.75) is 13.0 Å². The first-order valence-corrected chi connectivity index (χ1v) is 8.91. The highest BCUT2D eigenvalue weighted by Crippen LogP contribution is 2.26. The summed E-state index contributed by atoms with van der Waals surface area (Å²) in [6, 6.07) is 1.31. The number of pyridine rings is 1. The quantitative estimate of drug-likeness (QED) is 0.877. The van der Waals surface area contributed by atoms with Crippen LogP contribution < -0.4 is 15.1 Å². The fourth-order valence-corrected chi connectivity index (χ4v) is 3.58. The maximum Gasteiger partial charge on any atom is 0.414 e. The molecule has 130 valence electrons. The highest BCUT2D eigenvalue weighted by molar-refractivity contribution is 7.99. The average Bonchev–Trinajstić information content (AvgIpc) is 2.94. The van der Waals surface area contributed by atoms with Crippen molar-refractivity contribution in [3.8, 4) is 0 Å². The number of anilines is 2. The van der Waals surface area contributed by atoms with Gasteiger partial charge in [0.15, 0.2) is 11.6 Å². The molecular formula is C15H19FN4O3S. The minimum absolute atomic E-state index is 0.193. The molecule has 2 saturated heterocycles. The second-order valence-electron chi connectivity index (χ2n) is 5.65. The van der Waals surface area contributed by atoms with Crippen LogP contribution in [0.4, 0.5) is 20.7 Å². The summed E-state index contributed by atoms with van der Waals surface area (Å²) in [4.78, 5) is 30.3. The van der Waals surface area contributed by atoms with E-state index in [9.17, 15) is 14.0 Å². The van der Waals surface area contributed by atoms with E-state index in [0.717, 1.165) is 24.6 Å². The molecule has 1 N–H and O–H groups in total. The van der Waals surface area contributed by atoms with Crippen molar-refractivity contribution in [2.75, 3.05) is 47.5 Å². The van der Waals surface area contributed by atoms with Gasteiger partial charge in [-0.1, -0.05) is 0 Å². The van der Waals surface area contributed by atoms with Crippen molar-refractivity contribution >= 4 is 35.3 Å². The van der Waals surface area contributed by atoms with E-state index in [0.29, 0.717) is 11.5 Å². The van der Waals surface area contributed by atoms with Crippen molar-refractivity contribution in [1.29, 1.82) is 0 Å². The summed E-state index contributed by atoms with van der Waals surface area (Å²) >= 11 is 1.84. The molecule has 2 aliphatic rings. The van der Waals surface area contributed by atoms with Gasteiger partial charge in [-0.05, 0) is 0 Å². The first-order valence-electron chi connectivity index (χ1n) is 7.75. The number of amides is 2. The highest BCUT2D eigenvalue weighted by atomic mass is 32.2. The van der Waals surface area contributed by atoms with Crippen LogP contribution >= 0.6 is 11.8 Å². The number of carbonyl (C=O) groups is 2. The van der Waals surface area contributed by atoms with Gasteiger partial charge in [0.25, 0.3) is 0 Å². The van der Waals surface area contributed by atoms with E-state index < -0.39 is 18.0 Å². The molecule has 2 aliphatic heterocycles. The number of rotatable bonds is 4. The Bertz CT molecular complexity index is 639. The lowest BCUT2D eigenvalue weighted by Crippen LogP contribution is -2.34. The van der Waals surface area contributed by atoms with Gasteiger partial charge in [0.2, 0.25) is 5.91 Å². The van der Waals surface area contributed by atoms with Crippen LogP contribution in [-0.2, 0) is 9.53 Å². The molecule has 3 rings (SSSR count). The van der Waals surface area contributed by atoms with E-state index in [1.54, 1.807) is 0 Å². The van der Waals surface area contributed by atoms with Crippen LogP contribution in [0.15, 0.2) is 12.3 Å². The molecule has 0 aliphatic carbocycles. The summed E-state index contributed by atoms with van der Waals surface area (Å²) in [5.41, 5.74) is 0.359. The molecule has 0 aromatic carbocycles. The number of hydrogen-bond acceptors (Lipinski definition) is 6. The zero-order valence-electron chi connectivity index (χ0n) is 13.3. The van der Waals surface area contributed by atoms with E-state index in [2.05, 4.69) is 10.3 Å². The molecule has 7 nitrogen and oxygen atoms in total. The topological polar surface area (TPSA) is 74.8 Å². The highest BCUT2D eigenvalue weighted by Gasteiger charge is 2.33. The second kappa shape index (κ2) is 7.25. The third kappa shape index (κ3) is 3.72. The Morgan fingerprint density at radius 1 is 1.50 bits per heavy atom. The summed E-state index contributed by atoms with van der Waals surface area (Å²) in [6.07, 6.45) is 0.472. The normalized spacial score (nSPS) is 20.9. The number of aromatic nitrogens is 1. The summed E-state index contributed by atoms with van der Waals surface area (Å²) in [5, 5.41) is 2.60. The Kier molecular flexibility index (Phi) is 5.08. The molecule has 2 amide bonds. The van der Waals surface area contributed by atoms with E-state index in [-0.39, 0.29) is 19.0 Å². The number of hydrogen-bond donors (Lipinski definition) is 1. The molecule has 1 aromatic rings. The van der Waals surface area contributed by atoms with E-state index in [4.69, 9.17) is 4.74 Å². The largest absolute Gasteiger partial charge is 0.442 e. The van der Waals surface area contributed by atoms with Gasteiger partial charge in [-0.15, -0.1) is 0 Å². The van der Waals surface area contributed by atoms with Crippen molar-refractivity contribution in [2.24, 2.45) is 0 Å². The molecule has 0 unspecified atom stereocenters. The summed E-state index contributed by atoms with van der Waals surface area (Å²) in [7, 11) is 0. The first kappa shape index (κ1) is 16.8. The maximum absolute atomic E-state index is 14.4. The lowest BCUT2D eigenvalue weighted by molar-refractivity contribution is -0.119. The molecule has 3 heterocycles. The molecule has 2 fully saturated rings. The molecule has 9 heteroatoms. The third-order valence-corrected chi connectivity index (χ3v) is 4.82. The van der Waals surface area contributed by atoms with Gasteiger partial charge >= 0.3 is 6.09 Å². The minimum atomic E-state index is -0.561. The van der Waals surface area contributed by atoms with E-state index in [1.807, 2.05) is 16.7 Å². The summed E-state index contributed by atoms with van der Waals surface area (Å²) in [5.74, 6) is 1.58. The molecule has 0 saturated carbocycles. The SMILES string of the molecule is CC(=O)NC[C@H]1CN(c2cnc(N3CCSCC3)c(F)c2)C(=O)O1. The Hall–Kier alpha value is -2.03. The minimum Gasteiger partial charge on any atom is -0.442 e. The number of cyclic esters (lactones) is 1. The van der Waals surface area contributed by atoms with Crippen LogP contribution in [0.5, 0.6) is 0 Å². The second-order valence-corrected chi connectivity index (χ2v) is 6.88. The van der Waals surface area contributed by atoms with Crippen LogP contribution in [0.1, 0.15) is 6.92 Å². The zero-order chi connectivity index (χ0) is 17.1.